The summed E-state index contributed by atoms with van der Waals surface area (Å²) in [4.78, 5) is 13.3. The molecule has 5 atom stereocenters. The largest absolute Gasteiger partial charge is 0.504 e. The van der Waals surface area contributed by atoms with E-state index in [0.29, 0.717) is 0 Å². The van der Waals surface area contributed by atoms with Gasteiger partial charge in [-0.1, -0.05) is 0 Å². The number of methoxy groups -OCH3 is 4. The van der Waals surface area contributed by atoms with E-state index in [2.05, 4.69) is 0 Å². The van der Waals surface area contributed by atoms with Crippen molar-refractivity contribution < 1.29 is 58.4 Å². The fourth-order valence-electron chi connectivity index (χ4n) is 4.20. The van der Waals surface area contributed by atoms with Crippen LogP contribution in [0.4, 0.5) is 0 Å². The second-order valence-electron chi connectivity index (χ2n) is 8.31. The standard InChI is InChI=1S/C25H28O13/c1-32-11-6-5-10(7-12(11)37-25-21(31)20(30)17(27)15(9-26)38-25)22-24(35-4)19(29)16-13(36-22)8-14(33-2)23(34-3)18(16)28/h5-8,15,17,20-21,25-28,30-31H,9H2,1-4H3/t15-,17-,20+,21-,25+/m0/s1. The zero-order valence-electron chi connectivity index (χ0n) is 20.9. The maximum atomic E-state index is 13.3. The molecule has 4 rings (SSSR count). The quantitative estimate of drug-likeness (QED) is 0.266. The van der Waals surface area contributed by atoms with Crippen LogP contribution in [-0.2, 0) is 4.74 Å². The van der Waals surface area contributed by atoms with Crippen LogP contribution in [0.15, 0.2) is 33.5 Å². The molecule has 0 amide bonds. The van der Waals surface area contributed by atoms with Gasteiger partial charge in [-0.05, 0) is 18.2 Å². The Morgan fingerprint density at radius 1 is 0.842 bits per heavy atom. The van der Waals surface area contributed by atoms with Gasteiger partial charge < -0.3 is 58.4 Å². The number of fused-ring (bicyclic) bond motifs is 1. The molecule has 1 aromatic heterocycles. The Balaban J connectivity index is 1.84. The monoisotopic (exact) mass is 536 g/mol. The summed E-state index contributed by atoms with van der Waals surface area (Å²) in [5.41, 5.74) is -0.432. The molecule has 206 valence electrons. The first-order valence-corrected chi connectivity index (χ1v) is 11.3. The van der Waals surface area contributed by atoms with E-state index in [-0.39, 0.29) is 51.0 Å². The highest BCUT2D eigenvalue weighted by Gasteiger charge is 2.45. The molecule has 13 nitrogen and oxygen atoms in total. The highest BCUT2D eigenvalue weighted by Crippen LogP contribution is 2.44. The lowest BCUT2D eigenvalue weighted by Crippen LogP contribution is -2.60. The zero-order valence-corrected chi connectivity index (χ0v) is 20.9. The molecule has 0 saturated carbocycles. The molecular formula is C25H28O13. The van der Waals surface area contributed by atoms with Crippen molar-refractivity contribution >= 4 is 11.0 Å². The molecule has 1 aliphatic heterocycles. The van der Waals surface area contributed by atoms with E-state index in [4.69, 9.17) is 32.8 Å². The van der Waals surface area contributed by atoms with Crippen molar-refractivity contribution in [2.24, 2.45) is 0 Å². The number of benzene rings is 2. The molecule has 0 radical (unpaired) electrons. The van der Waals surface area contributed by atoms with Crippen LogP contribution in [0.25, 0.3) is 22.3 Å². The van der Waals surface area contributed by atoms with Crippen LogP contribution >= 0.6 is 0 Å². The number of aromatic hydroxyl groups is 1. The number of aliphatic hydroxyl groups is 4. The summed E-state index contributed by atoms with van der Waals surface area (Å²) in [6, 6.07) is 5.83. The minimum atomic E-state index is -1.67. The van der Waals surface area contributed by atoms with Gasteiger partial charge in [0.05, 0.1) is 35.0 Å². The third kappa shape index (κ3) is 4.54. The molecule has 0 bridgehead atoms. The summed E-state index contributed by atoms with van der Waals surface area (Å²) in [5.74, 6) is -0.477. The number of phenols is 1. The van der Waals surface area contributed by atoms with Gasteiger partial charge in [-0.15, -0.1) is 0 Å². The summed E-state index contributed by atoms with van der Waals surface area (Å²) < 4.78 is 38.2. The first-order chi connectivity index (χ1) is 18.2. The maximum absolute atomic E-state index is 13.3. The Bertz CT molecular complexity index is 1370. The van der Waals surface area contributed by atoms with Gasteiger partial charge in [0.15, 0.2) is 28.8 Å². The van der Waals surface area contributed by atoms with E-state index < -0.39 is 48.5 Å². The Kier molecular flexibility index (Phi) is 7.85. The summed E-state index contributed by atoms with van der Waals surface area (Å²) in [5, 5.41) is 50.5. The van der Waals surface area contributed by atoms with Gasteiger partial charge in [0.25, 0.3) is 0 Å². The minimum absolute atomic E-state index is 0.00860. The van der Waals surface area contributed by atoms with Crippen molar-refractivity contribution in [1.29, 1.82) is 0 Å². The molecule has 2 aromatic carbocycles. The summed E-state index contributed by atoms with van der Waals surface area (Å²) >= 11 is 0. The first-order valence-electron chi connectivity index (χ1n) is 11.3. The Labute approximate surface area is 215 Å². The summed E-state index contributed by atoms with van der Waals surface area (Å²) in [7, 11) is 5.30. The molecule has 38 heavy (non-hydrogen) atoms. The second kappa shape index (κ2) is 10.9. The van der Waals surface area contributed by atoms with Gasteiger partial charge in [-0.25, -0.2) is 0 Å². The SMILES string of the molecule is COc1ccc(-c2oc3cc(OC)c(OC)c(O)c3c(=O)c2OC)cc1O[C@@H]1O[C@@H](CO)[C@H](O)[C@@H](O)[C@@H]1O. The first kappa shape index (κ1) is 27.3. The third-order valence-electron chi connectivity index (χ3n) is 6.18. The molecule has 3 aromatic rings. The van der Waals surface area contributed by atoms with Crippen molar-refractivity contribution in [2.45, 2.75) is 30.7 Å². The predicted molar refractivity (Wildman–Crippen MR) is 130 cm³/mol. The van der Waals surface area contributed by atoms with Crippen molar-refractivity contribution in [3.63, 3.8) is 0 Å². The summed E-state index contributed by atoms with van der Waals surface area (Å²) in [6.07, 6.45) is -7.57. The highest BCUT2D eigenvalue weighted by molar-refractivity contribution is 5.91. The topological polar surface area (TPSA) is 187 Å². The number of ether oxygens (including phenoxy) is 6. The van der Waals surface area contributed by atoms with Gasteiger partial charge in [0.1, 0.15) is 35.4 Å². The minimum Gasteiger partial charge on any atom is -0.504 e. The smallest absolute Gasteiger partial charge is 0.239 e. The average molecular weight is 536 g/mol. The number of rotatable bonds is 8. The van der Waals surface area contributed by atoms with Crippen LogP contribution < -0.4 is 29.1 Å². The Hall–Kier alpha value is -3.75. The molecule has 0 unspecified atom stereocenters. The van der Waals surface area contributed by atoms with Gasteiger partial charge >= 0.3 is 0 Å². The van der Waals surface area contributed by atoms with Crippen molar-refractivity contribution in [2.75, 3.05) is 35.0 Å². The second-order valence-corrected chi connectivity index (χ2v) is 8.31. The fourth-order valence-corrected chi connectivity index (χ4v) is 4.20. The Morgan fingerprint density at radius 2 is 1.53 bits per heavy atom. The number of hydrogen-bond acceptors (Lipinski definition) is 13. The zero-order chi connectivity index (χ0) is 27.7. The highest BCUT2D eigenvalue weighted by atomic mass is 16.7. The van der Waals surface area contributed by atoms with Crippen molar-refractivity contribution in [3.05, 3.63) is 34.5 Å². The Morgan fingerprint density at radius 3 is 2.13 bits per heavy atom. The van der Waals surface area contributed by atoms with Gasteiger partial charge in [-0.2, -0.15) is 0 Å². The van der Waals surface area contributed by atoms with Crippen LogP contribution in [-0.4, -0.2) is 91.3 Å². The number of phenolic OH excluding ortho intramolecular Hbond substituents is 1. The molecule has 1 fully saturated rings. The van der Waals surface area contributed by atoms with Gasteiger partial charge in [0, 0.05) is 11.6 Å². The van der Waals surface area contributed by atoms with E-state index in [0.717, 1.165) is 0 Å². The van der Waals surface area contributed by atoms with Gasteiger partial charge in [-0.3, -0.25) is 4.79 Å². The van der Waals surface area contributed by atoms with E-state index in [1.165, 1.54) is 46.6 Å². The number of hydrogen-bond donors (Lipinski definition) is 5. The molecule has 5 N–H and O–H groups in total. The lowest BCUT2D eigenvalue weighted by Gasteiger charge is -2.39. The molecule has 0 aliphatic carbocycles. The normalized spacial score (nSPS) is 23.2. The molecule has 0 spiro atoms. The third-order valence-corrected chi connectivity index (χ3v) is 6.18. The molecule has 1 aliphatic rings. The summed E-state index contributed by atoms with van der Waals surface area (Å²) in [6.45, 7) is -0.636. The van der Waals surface area contributed by atoms with Gasteiger partial charge in [0.2, 0.25) is 23.2 Å². The molecular weight excluding hydrogens is 508 g/mol. The molecule has 2 heterocycles. The van der Waals surface area contributed by atoms with E-state index in [9.17, 15) is 30.3 Å². The maximum Gasteiger partial charge on any atom is 0.239 e. The van der Waals surface area contributed by atoms with Crippen molar-refractivity contribution in [1.82, 2.24) is 0 Å². The fraction of sp³-hybridized carbons (Fsp3) is 0.400. The van der Waals surface area contributed by atoms with Crippen LogP contribution in [0.5, 0.6) is 34.5 Å². The number of aliphatic hydroxyl groups excluding tert-OH is 4. The van der Waals surface area contributed by atoms with Crippen LogP contribution in [0.3, 0.4) is 0 Å². The molecule has 1 saturated heterocycles. The average Bonchev–Trinajstić information content (AvgIpc) is 2.92. The van der Waals surface area contributed by atoms with Crippen molar-refractivity contribution in [3.8, 4) is 45.8 Å². The van der Waals surface area contributed by atoms with Crippen LogP contribution in [0.2, 0.25) is 0 Å². The predicted octanol–water partition coefficient (Wildman–Crippen LogP) is 0.379. The van der Waals surface area contributed by atoms with Crippen LogP contribution in [0, 0.1) is 0 Å². The van der Waals surface area contributed by atoms with E-state index >= 15 is 0 Å². The van der Waals surface area contributed by atoms with E-state index in [1.807, 2.05) is 0 Å². The van der Waals surface area contributed by atoms with E-state index in [1.54, 1.807) is 6.07 Å². The lowest BCUT2D eigenvalue weighted by atomic mass is 9.99. The van der Waals surface area contributed by atoms with Crippen LogP contribution in [0.1, 0.15) is 0 Å². The molecule has 13 heteroatoms. The lowest BCUT2D eigenvalue weighted by molar-refractivity contribution is -0.277.